The number of carbonyl (C=O) groups is 1. The summed E-state index contributed by atoms with van der Waals surface area (Å²) in [7, 11) is 0. The molecule has 1 saturated heterocycles. The lowest BCUT2D eigenvalue weighted by Gasteiger charge is -2.44. The highest BCUT2D eigenvalue weighted by Gasteiger charge is 2.61. The van der Waals surface area contributed by atoms with Crippen LogP contribution in [-0.4, -0.2) is 23.8 Å². The fourth-order valence-electron chi connectivity index (χ4n) is 5.87. The lowest BCUT2D eigenvalue weighted by Crippen LogP contribution is -2.48. The summed E-state index contributed by atoms with van der Waals surface area (Å²) in [5, 5.41) is 0.693. The summed E-state index contributed by atoms with van der Waals surface area (Å²) in [6.07, 6.45) is -0.396. The van der Waals surface area contributed by atoms with Crippen molar-refractivity contribution in [1.29, 1.82) is 0 Å². The van der Waals surface area contributed by atoms with Crippen LogP contribution in [0.4, 0.5) is 0 Å². The first kappa shape index (κ1) is 22.1. The van der Waals surface area contributed by atoms with Gasteiger partial charge in [0, 0.05) is 30.6 Å². The number of halogens is 1. The van der Waals surface area contributed by atoms with Gasteiger partial charge in [-0.1, -0.05) is 96.5 Å². The van der Waals surface area contributed by atoms with Crippen LogP contribution in [0.5, 0.6) is 5.75 Å². The highest BCUT2D eigenvalue weighted by atomic mass is 35.5. The smallest absolute Gasteiger partial charge is 0.178 e. The van der Waals surface area contributed by atoms with Crippen molar-refractivity contribution >= 4 is 17.4 Å². The van der Waals surface area contributed by atoms with Gasteiger partial charge in [-0.2, -0.15) is 0 Å². The molecular formula is C31H26ClNO2. The summed E-state index contributed by atoms with van der Waals surface area (Å²) in [5.41, 5.74) is 3.27. The predicted molar refractivity (Wildman–Crippen MR) is 139 cm³/mol. The molecule has 0 bridgehead atoms. The fourth-order valence-corrected chi connectivity index (χ4v) is 6.00. The lowest BCUT2D eigenvalue weighted by atomic mass is 9.63. The molecule has 35 heavy (non-hydrogen) atoms. The maximum absolute atomic E-state index is 14.5. The van der Waals surface area contributed by atoms with Gasteiger partial charge in [-0.05, 0) is 41.0 Å². The van der Waals surface area contributed by atoms with Gasteiger partial charge in [0.15, 0.2) is 5.78 Å². The van der Waals surface area contributed by atoms with Crippen molar-refractivity contribution in [2.24, 2.45) is 5.41 Å². The number of carbonyl (C=O) groups excluding carboxylic acids is 1. The van der Waals surface area contributed by atoms with Crippen molar-refractivity contribution in [2.75, 3.05) is 13.1 Å². The van der Waals surface area contributed by atoms with E-state index in [0.29, 0.717) is 22.9 Å². The van der Waals surface area contributed by atoms with Crippen LogP contribution < -0.4 is 4.74 Å². The Balaban J connectivity index is 1.52. The lowest BCUT2D eigenvalue weighted by molar-refractivity contribution is 0.0212. The van der Waals surface area contributed by atoms with Gasteiger partial charge in [-0.15, -0.1) is 0 Å². The van der Waals surface area contributed by atoms with Crippen molar-refractivity contribution in [3.63, 3.8) is 0 Å². The first-order valence-corrected chi connectivity index (χ1v) is 12.4. The van der Waals surface area contributed by atoms with E-state index in [2.05, 4.69) is 53.4 Å². The van der Waals surface area contributed by atoms with Crippen LogP contribution in [0.15, 0.2) is 109 Å². The molecule has 0 radical (unpaired) electrons. The number of para-hydroxylation sites is 1. The third kappa shape index (κ3) is 3.85. The SMILES string of the molecule is O=C1c2ccccc2O[C@@H](c2ccccc2)[C@]12CN(Cc1ccccc1)C[C@H]2c1ccc(Cl)cc1. The Morgan fingerprint density at radius 2 is 1.46 bits per heavy atom. The number of likely N-dealkylation sites (tertiary alicyclic amines) is 1. The van der Waals surface area contributed by atoms with E-state index in [4.69, 9.17) is 16.3 Å². The van der Waals surface area contributed by atoms with Gasteiger partial charge in [0.05, 0.1) is 11.0 Å². The van der Waals surface area contributed by atoms with Crippen molar-refractivity contribution < 1.29 is 9.53 Å². The van der Waals surface area contributed by atoms with Crippen LogP contribution in [0.2, 0.25) is 5.02 Å². The number of ether oxygens (including phenoxy) is 1. The molecule has 4 aromatic carbocycles. The maximum atomic E-state index is 14.5. The van der Waals surface area contributed by atoms with Gasteiger partial charge in [-0.25, -0.2) is 0 Å². The van der Waals surface area contributed by atoms with Crippen LogP contribution in [0.1, 0.15) is 39.1 Å². The summed E-state index contributed by atoms with van der Waals surface area (Å²) in [4.78, 5) is 16.9. The van der Waals surface area contributed by atoms with E-state index < -0.39 is 11.5 Å². The third-order valence-electron chi connectivity index (χ3n) is 7.44. The van der Waals surface area contributed by atoms with Crippen LogP contribution in [0.3, 0.4) is 0 Å². The number of fused-ring (bicyclic) bond motifs is 1. The average Bonchev–Trinajstić information content (AvgIpc) is 3.27. The number of rotatable bonds is 4. The zero-order valence-corrected chi connectivity index (χ0v) is 20.1. The fraction of sp³-hybridized carbons (Fsp3) is 0.194. The number of Topliss-reactive ketones (excluding diaryl/α,β-unsaturated/α-hetero) is 1. The molecule has 2 aliphatic rings. The van der Waals surface area contributed by atoms with Crippen molar-refractivity contribution in [2.45, 2.75) is 18.6 Å². The summed E-state index contributed by atoms with van der Waals surface area (Å²) < 4.78 is 6.73. The molecule has 3 nitrogen and oxygen atoms in total. The zero-order valence-electron chi connectivity index (χ0n) is 19.3. The summed E-state index contributed by atoms with van der Waals surface area (Å²) in [6.45, 7) is 2.15. The molecule has 6 rings (SSSR count). The predicted octanol–water partition coefficient (Wildman–Crippen LogP) is 6.94. The van der Waals surface area contributed by atoms with E-state index in [1.54, 1.807) is 0 Å². The molecule has 0 amide bonds. The molecule has 2 aliphatic heterocycles. The van der Waals surface area contributed by atoms with Gasteiger partial charge in [-0.3, -0.25) is 9.69 Å². The van der Waals surface area contributed by atoms with Crippen molar-refractivity contribution in [1.82, 2.24) is 4.90 Å². The second kappa shape index (κ2) is 8.99. The van der Waals surface area contributed by atoms with E-state index in [9.17, 15) is 4.79 Å². The molecule has 174 valence electrons. The number of hydrogen-bond donors (Lipinski definition) is 0. The van der Waals surface area contributed by atoms with E-state index in [0.717, 1.165) is 24.2 Å². The minimum absolute atomic E-state index is 0.0467. The molecule has 1 fully saturated rings. The molecule has 0 N–H and O–H groups in total. The zero-order chi connectivity index (χ0) is 23.8. The van der Waals surface area contributed by atoms with E-state index in [1.165, 1.54) is 5.56 Å². The van der Waals surface area contributed by atoms with Crippen molar-refractivity contribution in [3.05, 3.63) is 136 Å². The summed E-state index contributed by atoms with van der Waals surface area (Å²) in [5.74, 6) is 0.770. The van der Waals surface area contributed by atoms with Gasteiger partial charge < -0.3 is 4.74 Å². The Morgan fingerprint density at radius 3 is 2.20 bits per heavy atom. The van der Waals surface area contributed by atoms with Crippen LogP contribution in [-0.2, 0) is 6.54 Å². The van der Waals surface area contributed by atoms with Crippen LogP contribution in [0.25, 0.3) is 0 Å². The molecule has 3 atom stereocenters. The standard InChI is InChI=1S/C31H26ClNO2/c32-25-17-15-23(16-18-25)27-20-33(19-22-9-3-1-4-10-22)21-31(27)29(34)26-13-7-8-14-28(26)35-30(31)24-11-5-2-6-12-24/h1-18,27,30H,19-21H2/t27-,30-,31-/m0/s1. The third-order valence-corrected chi connectivity index (χ3v) is 7.69. The number of hydrogen-bond acceptors (Lipinski definition) is 3. The Morgan fingerprint density at radius 1 is 0.800 bits per heavy atom. The minimum Gasteiger partial charge on any atom is -0.484 e. The monoisotopic (exact) mass is 479 g/mol. The van der Waals surface area contributed by atoms with Crippen molar-refractivity contribution in [3.8, 4) is 5.75 Å². The topological polar surface area (TPSA) is 29.5 Å². The minimum atomic E-state index is -0.766. The molecule has 0 unspecified atom stereocenters. The number of ketones is 1. The quantitative estimate of drug-likeness (QED) is 0.317. The van der Waals surface area contributed by atoms with E-state index in [-0.39, 0.29) is 11.7 Å². The van der Waals surface area contributed by atoms with Crippen LogP contribution in [0, 0.1) is 5.41 Å². The molecule has 2 heterocycles. The highest BCUT2D eigenvalue weighted by molar-refractivity contribution is 6.30. The average molecular weight is 480 g/mol. The Hall–Kier alpha value is -3.40. The van der Waals surface area contributed by atoms with Gasteiger partial charge in [0.25, 0.3) is 0 Å². The number of nitrogens with zero attached hydrogens (tertiary/aromatic N) is 1. The van der Waals surface area contributed by atoms with Crippen LogP contribution >= 0.6 is 11.6 Å². The maximum Gasteiger partial charge on any atom is 0.178 e. The molecule has 1 spiro atoms. The van der Waals surface area contributed by atoms with E-state index >= 15 is 0 Å². The Labute approximate surface area is 210 Å². The largest absolute Gasteiger partial charge is 0.484 e. The highest BCUT2D eigenvalue weighted by Crippen LogP contribution is 2.57. The molecule has 0 aliphatic carbocycles. The first-order chi connectivity index (χ1) is 17.1. The summed E-state index contributed by atoms with van der Waals surface area (Å²) in [6, 6.07) is 36.3. The second-order valence-electron chi connectivity index (χ2n) is 9.53. The normalized spacial score (nSPS) is 23.7. The molecular weight excluding hydrogens is 454 g/mol. The second-order valence-corrected chi connectivity index (χ2v) is 9.97. The number of benzene rings is 4. The Kier molecular flexibility index (Phi) is 5.68. The van der Waals surface area contributed by atoms with Gasteiger partial charge in [0.2, 0.25) is 0 Å². The van der Waals surface area contributed by atoms with E-state index in [1.807, 2.05) is 60.7 Å². The van der Waals surface area contributed by atoms with Gasteiger partial charge >= 0.3 is 0 Å². The van der Waals surface area contributed by atoms with Gasteiger partial charge in [0.1, 0.15) is 11.9 Å². The molecule has 4 aromatic rings. The molecule has 4 heteroatoms. The Bertz CT molecular complexity index is 1340. The summed E-state index contributed by atoms with van der Waals surface area (Å²) >= 11 is 6.25. The molecule has 0 saturated carbocycles. The first-order valence-electron chi connectivity index (χ1n) is 12.0. The molecule has 0 aromatic heterocycles.